The molecule has 3 N–H and O–H groups in total. The monoisotopic (exact) mass is 294 g/mol. The second-order valence-electron chi connectivity index (χ2n) is 4.88. The quantitative estimate of drug-likeness (QED) is 0.743. The smallest absolute Gasteiger partial charge is 0.408 e. The molecule has 0 aliphatic rings. The van der Waals surface area contributed by atoms with E-state index < -0.39 is 18.1 Å². The number of nitrogens with two attached hydrogens (primary N) is 1. The second-order valence-corrected chi connectivity index (χ2v) is 4.88. The number of carbonyl (C=O) groups excluding carboxylic acids is 2. The molecule has 0 aliphatic heterocycles. The molecule has 0 spiro atoms. The van der Waals surface area contributed by atoms with Gasteiger partial charge >= 0.3 is 12.1 Å². The van der Waals surface area contributed by atoms with Crippen molar-refractivity contribution in [1.82, 2.24) is 5.32 Å². The molecule has 1 amide bonds. The van der Waals surface area contributed by atoms with E-state index >= 15 is 0 Å². The summed E-state index contributed by atoms with van der Waals surface area (Å²) in [7, 11) is 0. The lowest BCUT2D eigenvalue weighted by molar-refractivity contribution is -0.146. The summed E-state index contributed by atoms with van der Waals surface area (Å²) in [6.45, 7) is 4.14. The van der Waals surface area contributed by atoms with Crippen molar-refractivity contribution in [1.29, 1.82) is 0 Å². The van der Waals surface area contributed by atoms with Gasteiger partial charge in [0, 0.05) is 6.54 Å². The van der Waals surface area contributed by atoms with Crippen LogP contribution in [0.5, 0.6) is 0 Å². The summed E-state index contributed by atoms with van der Waals surface area (Å²) in [5.41, 5.74) is 6.15. The fraction of sp³-hybridized carbons (Fsp3) is 0.467. The van der Waals surface area contributed by atoms with Gasteiger partial charge in [0.1, 0.15) is 19.3 Å². The van der Waals surface area contributed by atoms with Crippen molar-refractivity contribution in [3.05, 3.63) is 35.9 Å². The fourth-order valence-electron chi connectivity index (χ4n) is 1.64. The van der Waals surface area contributed by atoms with E-state index in [1.54, 1.807) is 0 Å². The summed E-state index contributed by atoms with van der Waals surface area (Å²) in [5, 5.41) is 2.52. The molecule has 6 heteroatoms. The number of esters is 1. The predicted molar refractivity (Wildman–Crippen MR) is 78.4 cm³/mol. The first-order valence-electron chi connectivity index (χ1n) is 6.88. The lowest BCUT2D eigenvalue weighted by Crippen LogP contribution is -2.45. The summed E-state index contributed by atoms with van der Waals surface area (Å²) < 4.78 is 10.0. The lowest BCUT2D eigenvalue weighted by atomic mass is 10.1. The third-order valence-electron chi connectivity index (χ3n) is 2.77. The van der Waals surface area contributed by atoms with E-state index in [1.165, 1.54) is 0 Å². The van der Waals surface area contributed by atoms with Crippen LogP contribution >= 0.6 is 0 Å². The van der Waals surface area contributed by atoms with Gasteiger partial charge in [0.05, 0.1) is 0 Å². The van der Waals surface area contributed by atoms with Crippen LogP contribution in [0.25, 0.3) is 0 Å². The molecule has 0 radical (unpaired) electrons. The largest absolute Gasteiger partial charge is 0.463 e. The van der Waals surface area contributed by atoms with Crippen molar-refractivity contribution in [2.45, 2.75) is 26.5 Å². The number of carbonyl (C=O) groups is 2. The van der Waals surface area contributed by atoms with Gasteiger partial charge in [-0.05, 0) is 11.5 Å². The normalized spacial score (nSPS) is 11.8. The van der Waals surface area contributed by atoms with Gasteiger partial charge in [0.2, 0.25) is 0 Å². The molecule has 1 atom stereocenters. The molecular weight excluding hydrogens is 272 g/mol. The van der Waals surface area contributed by atoms with Crippen molar-refractivity contribution in [2.24, 2.45) is 11.7 Å². The zero-order valence-electron chi connectivity index (χ0n) is 12.4. The van der Waals surface area contributed by atoms with Gasteiger partial charge < -0.3 is 20.5 Å². The Labute approximate surface area is 124 Å². The van der Waals surface area contributed by atoms with Crippen LogP contribution < -0.4 is 11.1 Å². The summed E-state index contributed by atoms with van der Waals surface area (Å²) >= 11 is 0. The minimum atomic E-state index is -0.750. The van der Waals surface area contributed by atoms with Crippen LogP contribution in [-0.4, -0.2) is 31.3 Å². The van der Waals surface area contributed by atoms with Crippen LogP contribution in [0.2, 0.25) is 0 Å². The Morgan fingerprint density at radius 2 is 1.86 bits per heavy atom. The van der Waals surface area contributed by atoms with Gasteiger partial charge in [0.15, 0.2) is 0 Å². The van der Waals surface area contributed by atoms with E-state index in [1.807, 2.05) is 44.2 Å². The topological polar surface area (TPSA) is 90.6 Å². The van der Waals surface area contributed by atoms with Gasteiger partial charge in [-0.25, -0.2) is 9.59 Å². The Morgan fingerprint density at radius 3 is 2.43 bits per heavy atom. The first-order valence-corrected chi connectivity index (χ1v) is 6.88. The molecule has 116 valence electrons. The van der Waals surface area contributed by atoms with Gasteiger partial charge in [-0.3, -0.25) is 0 Å². The maximum absolute atomic E-state index is 11.8. The highest BCUT2D eigenvalue weighted by molar-refractivity contribution is 5.81. The number of benzene rings is 1. The van der Waals surface area contributed by atoms with Crippen molar-refractivity contribution in [3.8, 4) is 0 Å². The number of rotatable bonds is 7. The first kappa shape index (κ1) is 17.0. The molecule has 0 bridgehead atoms. The molecule has 0 aromatic heterocycles. The lowest BCUT2D eigenvalue weighted by Gasteiger charge is -2.20. The number of alkyl carbamates (subject to hydrolysis) is 1. The van der Waals surface area contributed by atoms with Crippen molar-refractivity contribution >= 4 is 12.1 Å². The molecule has 1 unspecified atom stereocenters. The molecule has 0 heterocycles. The molecule has 1 aromatic rings. The van der Waals surface area contributed by atoms with Crippen LogP contribution in [0, 0.1) is 5.92 Å². The Bertz CT molecular complexity index is 448. The van der Waals surface area contributed by atoms with Crippen LogP contribution in [-0.2, 0) is 20.9 Å². The molecule has 0 fully saturated rings. The van der Waals surface area contributed by atoms with Crippen molar-refractivity contribution < 1.29 is 19.1 Å². The zero-order valence-corrected chi connectivity index (χ0v) is 12.4. The van der Waals surface area contributed by atoms with Crippen LogP contribution in [0.15, 0.2) is 30.3 Å². The SMILES string of the molecule is CC(C)C(NC(=O)OCc1ccccc1)C(=O)OCCN. The van der Waals surface area contributed by atoms with E-state index in [0.717, 1.165) is 5.56 Å². The minimum Gasteiger partial charge on any atom is -0.463 e. The highest BCUT2D eigenvalue weighted by Crippen LogP contribution is 2.06. The van der Waals surface area contributed by atoms with Gasteiger partial charge in [-0.15, -0.1) is 0 Å². The average Bonchev–Trinajstić information content (AvgIpc) is 2.49. The van der Waals surface area contributed by atoms with Gasteiger partial charge in [0.25, 0.3) is 0 Å². The Kier molecular flexibility index (Phi) is 7.25. The molecule has 1 aromatic carbocycles. The van der Waals surface area contributed by atoms with Crippen molar-refractivity contribution in [3.63, 3.8) is 0 Å². The maximum Gasteiger partial charge on any atom is 0.408 e. The van der Waals surface area contributed by atoms with E-state index in [9.17, 15) is 9.59 Å². The molecule has 0 aliphatic carbocycles. The van der Waals surface area contributed by atoms with Crippen LogP contribution in [0.1, 0.15) is 19.4 Å². The average molecular weight is 294 g/mol. The van der Waals surface area contributed by atoms with E-state index in [-0.39, 0.29) is 25.7 Å². The predicted octanol–water partition coefficient (Wildman–Crippen LogP) is 1.44. The zero-order chi connectivity index (χ0) is 15.7. The molecule has 0 saturated heterocycles. The van der Waals surface area contributed by atoms with E-state index in [2.05, 4.69) is 5.32 Å². The minimum absolute atomic E-state index is 0.112. The summed E-state index contributed by atoms with van der Waals surface area (Å²) in [6, 6.07) is 8.55. The summed E-state index contributed by atoms with van der Waals surface area (Å²) in [4.78, 5) is 23.5. The highest BCUT2D eigenvalue weighted by atomic mass is 16.6. The number of hydrogen-bond acceptors (Lipinski definition) is 5. The molecule has 1 rings (SSSR count). The first-order chi connectivity index (χ1) is 10.0. The van der Waals surface area contributed by atoms with Crippen LogP contribution in [0.4, 0.5) is 4.79 Å². The molecule has 0 saturated carbocycles. The summed E-state index contributed by atoms with van der Waals surface area (Å²) in [6.07, 6.45) is -0.651. The van der Waals surface area contributed by atoms with Gasteiger partial charge in [-0.2, -0.15) is 0 Å². The number of nitrogens with one attached hydrogen (secondary N) is 1. The molecule has 6 nitrogen and oxygen atoms in total. The third-order valence-corrected chi connectivity index (χ3v) is 2.77. The fourth-order valence-corrected chi connectivity index (χ4v) is 1.64. The van der Waals surface area contributed by atoms with Gasteiger partial charge in [-0.1, -0.05) is 44.2 Å². The second kappa shape index (κ2) is 8.97. The Hall–Kier alpha value is -2.08. The molecular formula is C15H22N2O4. The maximum atomic E-state index is 11.8. The standard InChI is InChI=1S/C15H22N2O4/c1-11(2)13(14(18)20-9-8-16)17-15(19)21-10-12-6-4-3-5-7-12/h3-7,11,13H,8-10,16H2,1-2H3,(H,17,19). The third kappa shape index (κ3) is 6.27. The van der Waals surface area contributed by atoms with Crippen LogP contribution in [0.3, 0.4) is 0 Å². The van der Waals surface area contributed by atoms with E-state index in [4.69, 9.17) is 15.2 Å². The summed E-state index contributed by atoms with van der Waals surface area (Å²) in [5.74, 6) is -0.619. The Balaban J connectivity index is 2.47. The Morgan fingerprint density at radius 1 is 1.19 bits per heavy atom. The highest BCUT2D eigenvalue weighted by Gasteiger charge is 2.26. The molecule has 21 heavy (non-hydrogen) atoms. The number of ether oxygens (including phenoxy) is 2. The van der Waals surface area contributed by atoms with E-state index in [0.29, 0.717) is 0 Å². The van der Waals surface area contributed by atoms with Crippen molar-refractivity contribution in [2.75, 3.05) is 13.2 Å². The number of hydrogen-bond donors (Lipinski definition) is 2. The number of amides is 1.